The Balaban J connectivity index is 1.91. The van der Waals surface area contributed by atoms with Crippen LogP contribution in [0.4, 0.5) is 0 Å². The van der Waals surface area contributed by atoms with Crippen LogP contribution in [0.25, 0.3) is 0 Å². The summed E-state index contributed by atoms with van der Waals surface area (Å²) >= 11 is 0. The zero-order valence-electron chi connectivity index (χ0n) is 14.0. The second-order valence-corrected chi connectivity index (χ2v) is 6.58. The highest BCUT2D eigenvalue weighted by molar-refractivity contribution is 5.76. The molecule has 0 spiro atoms. The molecule has 1 amide bonds. The van der Waals surface area contributed by atoms with Crippen molar-refractivity contribution in [3.8, 4) is 0 Å². The van der Waals surface area contributed by atoms with E-state index >= 15 is 0 Å². The van der Waals surface area contributed by atoms with Crippen LogP contribution in [0.1, 0.15) is 56.1 Å². The summed E-state index contributed by atoms with van der Waals surface area (Å²) < 4.78 is 5.02. The molecule has 1 saturated carbocycles. The van der Waals surface area contributed by atoms with Gasteiger partial charge >= 0.3 is 0 Å². The molecule has 1 aromatic carbocycles. The van der Waals surface area contributed by atoms with Crippen LogP contribution in [0.3, 0.4) is 0 Å². The molecule has 3 nitrogen and oxygen atoms in total. The Bertz CT molecular complexity index is 478. The summed E-state index contributed by atoms with van der Waals surface area (Å²) in [5.74, 6) is 0.176. The first-order valence-corrected chi connectivity index (χ1v) is 8.49. The molecular formula is C19H29NO2. The van der Waals surface area contributed by atoms with Crippen LogP contribution in [-0.4, -0.2) is 26.2 Å². The smallest absolute Gasteiger partial charge is 0.220 e. The van der Waals surface area contributed by atoms with Crippen molar-refractivity contribution < 1.29 is 9.53 Å². The fraction of sp³-hybridized carbons (Fsp3) is 0.632. The van der Waals surface area contributed by atoms with Crippen LogP contribution in [0.5, 0.6) is 0 Å². The molecule has 0 heterocycles. The quantitative estimate of drug-likeness (QED) is 0.743. The Morgan fingerprint density at radius 2 is 2.05 bits per heavy atom. The minimum absolute atomic E-state index is 0.147. The van der Waals surface area contributed by atoms with Crippen molar-refractivity contribution in [1.29, 1.82) is 0 Å². The van der Waals surface area contributed by atoms with Crippen molar-refractivity contribution >= 4 is 5.91 Å². The van der Waals surface area contributed by atoms with Gasteiger partial charge in [-0.25, -0.2) is 0 Å². The first-order chi connectivity index (χ1) is 10.7. The lowest BCUT2D eigenvalue weighted by molar-refractivity contribution is -0.121. The number of hydrogen-bond donors (Lipinski definition) is 1. The molecule has 1 aromatic rings. The Morgan fingerprint density at radius 3 is 2.73 bits per heavy atom. The predicted molar refractivity (Wildman–Crippen MR) is 90.1 cm³/mol. The monoisotopic (exact) mass is 303 g/mol. The van der Waals surface area contributed by atoms with Crippen LogP contribution in [0.2, 0.25) is 0 Å². The van der Waals surface area contributed by atoms with E-state index in [1.165, 1.54) is 36.8 Å². The number of carbonyl (C=O) groups is 1. The number of aryl methyl sites for hydroxylation is 1. The maximum absolute atomic E-state index is 12.1. The van der Waals surface area contributed by atoms with E-state index in [2.05, 4.69) is 36.5 Å². The highest BCUT2D eigenvalue weighted by Gasteiger charge is 2.35. The lowest BCUT2D eigenvalue weighted by Gasteiger charge is -2.30. The Labute approximate surface area is 134 Å². The second-order valence-electron chi connectivity index (χ2n) is 6.58. The number of unbranched alkanes of at least 4 members (excludes halogenated alkanes) is 1. The standard InChI is InChI=1S/C19H29NO2/c1-16-8-7-9-17(14-16)19(11-4-5-12-19)15-20-18(21)10-3-6-13-22-2/h7-9,14H,3-6,10-13,15H2,1-2H3,(H,20,21). The third-order valence-corrected chi connectivity index (χ3v) is 4.82. The van der Waals surface area contributed by atoms with Crippen molar-refractivity contribution in [2.24, 2.45) is 0 Å². The highest BCUT2D eigenvalue weighted by atomic mass is 16.5. The topological polar surface area (TPSA) is 38.3 Å². The number of nitrogens with one attached hydrogen (secondary N) is 1. The molecule has 1 N–H and O–H groups in total. The van der Waals surface area contributed by atoms with Crippen LogP contribution < -0.4 is 5.32 Å². The highest BCUT2D eigenvalue weighted by Crippen LogP contribution is 2.40. The maximum atomic E-state index is 12.1. The Morgan fingerprint density at radius 1 is 1.27 bits per heavy atom. The van der Waals surface area contributed by atoms with E-state index in [1.54, 1.807) is 7.11 Å². The van der Waals surface area contributed by atoms with Gasteiger partial charge < -0.3 is 10.1 Å². The Kier molecular flexibility index (Phi) is 6.44. The number of methoxy groups -OCH3 is 1. The first kappa shape index (κ1) is 17.0. The van der Waals surface area contributed by atoms with Gasteiger partial charge in [-0.2, -0.15) is 0 Å². The summed E-state index contributed by atoms with van der Waals surface area (Å²) in [5, 5.41) is 3.18. The number of benzene rings is 1. The zero-order valence-corrected chi connectivity index (χ0v) is 14.0. The molecule has 0 atom stereocenters. The molecule has 0 aromatic heterocycles. The molecule has 2 rings (SSSR count). The third-order valence-electron chi connectivity index (χ3n) is 4.82. The van der Waals surface area contributed by atoms with Crippen LogP contribution in [-0.2, 0) is 14.9 Å². The minimum Gasteiger partial charge on any atom is -0.385 e. The molecule has 0 saturated heterocycles. The van der Waals surface area contributed by atoms with Gasteiger partial charge in [-0.1, -0.05) is 42.7 Å². The predicted octanol–water partition coefficient (Wildman–Crippen LogP) is 3.74. The molecule has 0 unspecified atom stereocenters. The van der Waals surface area contributed by atoms with Crippen LogP contribution >= 0.6 is 0 Å². The summed E-state index contributed by atoms with van der Waals surface area (Å²) in [6.45, 7) is 3.65. The van der Waals surface area contributed by atoms with Gasteiger partial charge in [0, 0.05) is 32.1 Å². The minimum atomic E-state index is 0.147. The molecule has 122 valence electrons. The van der Waals surface area contributed by atoms with Crippen molar-refractivity contribution in [3.05, 3.63) is 35.4 Å². The Hall–Kier alpha value is -1.35. The van der Waals surface area contributed by atoms with Crippen molar-refractivity contribution in [3.63, 3.8) is 0 Å². The molecular weight excluding hydrogens is 274 g/mol. The molecule has 1 aliphatic rings. The lowest BCUT2D eigenvalue weighted by atomic mass is 9.78. The van der Waals surface area contributed by atoms with Gasteiger partial charge in [0.15, 0.2) is 0 Å². The van der Waals surface area contributed by atoms with E-state index in [9.17, 15) is 4.79 Å². The number of hydrogen-bond acceptors (Lipinski definition) is 2. The largest absolute Gasteiger partial charge is 0.385 e. The van der Waals surface area contributed by atoms with Crippen molar-refractivity contribution in [1.82, 2.24) is 5.32 Å². The lowest BCUT2D eigenvalue weighted by Crippen LogP contribution is -2.39. The summed E-state index contributed by atoms with van der Waals surface area (Å²) in [6, 6.07) is 8.79. The van der Waals surface area contributed by atoms with E-state index in [0.717, 1.165) is 26.0 Å². The fourth-order valence-electron chi connectivity index (χ4n) is 3.48. The van der Waals surface area contributed by atoms with Gasteiger partial charge in [0.25, 0.3) is 0 Å². The fourth-order valence-corrected chi connectivity index (χ4v) is 3.48. The van der Waals surface area contributed by atoms with Gasteiger partial charge in [-0.05, 0) is 38.2 Å². The normalized spacial score (nSPS) is 16.6. The zero-order chi connectivity index (χ0) is 15.8. The number of amides is 1. The summed E-state index contributed by atoms with van der Waals surface area (Å²) in [4.78, 5) is 12.1. The van der Waals surface area contributed by atoms with E-state index in [0.29, 0.717) is 6.42 Å². The molecule has 1 fully saturated rings. The number of rotatable bonds is 8. The second kappa shape index (κ2) is 8.33. The van der Waals surface area contributed by atoms with E-state index in [-0.39, 0.29) is 11.3 Å². The molecule has 3 heteroatoms. The number of ether oxygens (including phenoxy) is 1. The van der Waals surface area contributed by atoms with Gasteiger partial charge in [-0.15, -0.1) is 0 Å². The summed E-state index contributed by atoms with van der Waals surface area (Å²) in [6.07, 6.45) is 7.34. The van der Waals surface area contributed by atoms with Crippen molar-refractivity contribution in [2.75, 3.05) is 20.3 Å². The van der Waals surface area contributed by atoms with Gasteiger partial charge in [0.2, 0.25) is 5.91 Å². The summed E-state index contributed by atoms with van der Waals surface area (Å²) in [5.41, 5.74) is 2.84. The van der Waals surface area contributed by atoms with Crippen LogP contribution in [0.15, 0.2) is 24.3 Å². The molecule has 0 aliphatic heterocycles. The molecule has 0 bridgehead atoms. The van der Waals surface area contributed by atoms with E-state index in [1.807, 2.05) is 0 Å². The summed E-state index contributed by atoms with van der Waals surface area (Å²) in [7, 11) is 1.70. The average Bonchev–Trinajstić information content (AvgIpc) is 3.00. The third kappa shape index (κ3) is 4.57. The van der Waals surface area contributed by atoms with Crippen LogP contribution in [0, 0.1) is 6.92 Å². The molecule has 0 radical (unpaired) electrons. The van der Waals surface area contributed by atoms with Gasteiger partial charge in [0.05, 0.1) is 0 Å². The molecule has 22 heavy (non-hydrogen) atoms. The number of carbonyl (C=O) groups excluding carboxylic acids is 1. The average molecular weight is 303 g/mol. The van der Waals surface area contributed by atoms with E-state index in [4.69, 9.17) is 4.74 Å². The SMILES string of the molecule is COCCCCC(=O)NCC1(c2cccc(C)c2)CCCC1. The maximum Gasteiger partial charge on any atom is 0.220 e. The molecule has 1 aliphatic carbocycles. The van der Waals surface area contributed by atoms with Gasteiger partial charge in [-0.3, -0.25) is 4.79 Å². The first-order valence-electron chi connectivity index (χ1n) is 8.49. The van der Waals surface area contributed by atoms with Gasteiger partial charge in [0.1, 0.15) is 0 Å². The van der Waals surface area contributed by atoms with Crippen molar-refractivity contribution in [2.45, 2.75) is 57.3 Å². The van der Waals surface area contributed by atoms with E-state index < -0.39 is 0 Å².